The van der Waals surface area contributed by atoms with Crippen LogP contribution >= 0.6 is 23.2 Å². The molecular formula is C9H6Cl2O. The molecule has 0 aliphatic rings. The second kappa shape index (κ2) is 3.00. The highest BCUT2D eigenvalue weighted by atomic mass is 35.5. The maximum atomic E-state index is 5.89. The molecule has 0 unspecified atom stereocenters. The molecule has 0 bridgehead atoms. The van der Waals surface area contributed by atoms with Crippen LogP contribution in [0.1, 0.15) is 5.76 Å². The lowest BCUT2D eigenvalue weighted by molar-refractivity contribution is 0.573. The van der Waals surface area contributed by atoms with Gasteiger partial charge in [0.05, 0.1) is 10.9 Å². The molecule has 1 aromatic carbocycles. The van der Waals surface area contributed by atoms with Crippen LogP contribution in [0.4, 0.5) is 0 Å². The van der Waals surface area contributed by atoms with Crippen LogP contribution in [0.3, 0.4) is 0 Å². The zero-order valence-corrected chi connectivity index (χ0v) is 7.69. The maximum absolute atomic E-state index is 5.89. The van der Waals surface area contributed by atoms with Gasteiger partial charge in [-0.15, -0.1) is 11.6 Å². The molecule has 0 radical (unpaired) electrons. The first kappa shape index (κ1) is 7.96. The third kappa shape index (κ3) is 1.19. The monoisotopic (exact) mass is 200 g/mol. The minimum atomic E-state index is 0.380. The van der Waals surface area contributed by atoms with E-state index >= 15 is 0 Å². The molecule has 0 N–H and O–H groups in total. The van der Waals surface area contributed by atoms with Crippen LogP contribution in [0.2, 0.25) is 5.02 Å². The van der Waals surface area contributed by atoms with Gasteiger partial charge < -0.3 is 4.42 Å². The number of para-hydroxylation sites is 1. The van der Waals surface area contributed by atoms with Crippen LogP contribution in [-0.2, 0) is 5.88 Å². The molecule has 1 nitrogen and oxygen atoms in total. The van der Waals surface area contributed by atoms with E-state index in [1.807, 2.05) is 18.2 Å². The molecule has 0 amide bonds. The highest BCUT2D eigenvalue weighted by Gasteiger charge is 2.04. The number of furan rings is 1. The summed E-state index contributed by atoms with van der Waals surface area (Å²) in [6, 6.07) is 7.53. The van der Waals surface area contributed by atoms with Crippen molar-refractivity contribution in [2.24, 2.45) is 0 Å². The summed E-state index contributed by atoms with van der Waals surface area (Å²) in [4.78, 5) is 0. The number of benzene rings is 1. The first-order chi connectivity index (χ1) is 5.81. The van der Waals surface area contributed by atoms with Crippen molar-refractivity contribution >= 4 is 34.2 Å². The molecule has 0 atom stereocenters. The van der Waals surface area contributed by atoms with Gasteiger partial charge in [-0.25, -0.2) is 0 Å². The molecule has 12 heavy (non-hydrogen) atoms. The van der Waals surface area contributed by atoms with Gasteiger partial charge in [-0.2, -0.15) is 0 Å². The van der Waals surface area contributed by atoms with Crippen molar-refractivity contribution in [1.82, 2.24) is 0 Å². The molecule has 3 heteroatoms. The topological polar surface area (TPSA) is 13.1 Å². The quantitative estimate of drug-likeness (QED) is 0.639. The number of halogens is 2. The highest BCUT2D eigenvalue weighted by molar-refractivity contribution is 6.34. The van der Waals surface area contributed by atoms with Gasteiger partial charge in [-0.1, -0.05) is 23.7 Å². The zero-order valence-electron chi connectivity index (χ0n) is 6.18. The van der Waals surface area contributed by atoms with E-state index in [2.05, 4.69) is 0 Å². The number of fused-ring (bicyclic) bond motifs is 1. The molecule has 0 aliphatic carbocycles. The van der Waals surface area contributed by atoms with Gasteiger partial charge in [0, 0.05) is 5.39 Å². The fourth-order valence-electron chi connectivity index (χ4n) is 1.15. The molecule has 0 saturated heterocycles. The summed E-state index contributed by atoms with van der Waals surface area (Å²) in [5.74, 6) is 1.13. The van der Waals surface area contributed by atoms with E-state index in [4.69, 9.17) is 27.6 Å². The van der Waals surface area contributed by atoms with Crippen LogP contribution in [0, 0.1) is 0 Å². The smallest absolute Gasteiger partial charge is 0.152 e. The van der Waals surface area contributed by atoms with E-state index in [0.29, 0.717) is 10.9 Å². The van der Waals surface area contributed by atoms with Crippen LogP contribution in [-0.4, -0.2) is 0 Å². The summed E-state index contributed by atoms with van der Waals surface area (Å²) in [6.45, 7) is 0. The summed E-state index contributed by atoms with van der Waals surface area (Å²) < 4.78 is 5.38. The van der Waals surface area contributed by atoms with Crippen molar-refractivity contribution in [2.45, 2.75) is 5.88 Å². The number of hydrogen-bond donors (Lipinski definition) is 0. The van der Waals surface area contributed by atoms with Gasteiger partial charge in [0.1, 0.15) is 5.76 Å². The molecule has 0 saturated carbocycles. The molecule has 62 valence electrons. The van der Waals surface area contributed by atoms with E-state index in [1.54, 1.807) is 6.07 Å². The van der Waals surface area contributed by atoms with E-state index < -0.39 is 0 Å². The molecule has 0 spiro atoms. The lowest BCUT2D eigenvalue weighted by Crippen LogP contribution is -1.64. The average Bonchev–Trinajstić information content (AvgIpc) is 2.49. The number of hydrogen-bond acceptors (Lipinski definition) is 1. The first-order valence-electron chi connectivity index (χ1n) is 3.54. The number of alkyl halides is 1. The minimum Gasteiger partial charge on any atom is -0.458 e. The average molecular weight is 201 g/mol. The van der Waals surface area contributed by atoms with Crippen LogP contribution < -0.4 is 0 Å². The fraction of sp³-hybridized carbons (Fsp3) is 0.111. The van der Waals surface area contributed by atoms with Gasteiger partial charge in [0.25, 0.3) is 0 Å². The van der Waals surface area contributed by atoms with Crippen LogP contribution in [0.5, 0.6) is 0 Å². The molecule has 1 aromatic heterocycles. The summed E-state index contributed by atoms with van der Waals surface area (Å²) in [7, 11) is 0. The summed E-state index contributed by atoms with van der Waals surface area (Å²) in [6.07, 6.45) is 0. The van der Waals surface area contributed by atoms with Gasteiger partial charge >= 0.3 is 0 Å². The Morgan fingerprint density at radius 1 is 1.33 bits per heavy atom. The van der Waals surface area contributed by atoms with Crippen molar-refractivity contribution in [3.8, 4) is 0 Å². The normalized spacial score (nSPS) is 10.8. The Kier molecular flexibility index (Phi) is 1.99. The van der Waals surface area contributed by atoms with Crippen molar-refractivity contribution < 1.29 is 4.42 Å². The molecule has 2 rings (SSSR count). The van der Waals surface area contributed by atoms with Crippen molar-refractivity contribution in [2.75, 3.05) is 0 Å². The maximum Gasteiger partial charge on any atom is 0.152 e. The second-order valence-electron chi connectivity index (χ2n) is 2.50. The van der Waals surface area contributed by atoms with E-state index in [1.165, 1.54) is 0 Å². The summed E-state index contributed by atoms with van der Waals surface area (Å²) >= 11 is 11.5. The predicted octanol–water partition coefficient (Wildman–Crippen LogP) is 3.83. The van der Waals surface area contributed by atoms with E-state index in [9.17, 15) is 0 Å². The van der Waals surface area contributed by atoms with Crippen molar-refractivity contribution in [3.05, 3.63) is 35.0 Å². The van der Waals surface area contributed by atoms with E-state index in [0.717, 1.165) is 16.7 Å². The summed E-state index contributed by atoms with van der Waals surface area (Å²) in [5.41, 5.74) is 0.717. The third-order valence-corrected chi connectivity index (χ3v) is 2.24. The molecule has 0 fully saturated rings. The Bertz CT molecular complexity index is 406. The van der Waals surface area contributed by atoms with Gasteiger partial charge in [-0.05, 0) is 12.1 Å². The first-order valence-corrected chi connectivity index (χ1v) is 4.45. The fourth-order valence-corrected chi connectivity index (χ4v) is 1.50. The zero-order chi connectivity index (χ0) is 8.55. The Balaban J connectivity index is 2.74. The van der Waals surface area contributed by atoms with Gasteiger partial charge in [-0.3, -0.25) is 0 Å². The van der Waals surface area contributed by atoms with Crippen molar-refractivity contribution in [1.29, 1.82) is 0 Å². The molecule has 1 heterocycles. The second-order valence-corrected chi connectivity index (χ2v) is 3.18. The SMILES string of the molecule is ClCc1cc2cccc(Cl)c2o1. The standard InChI is InChI=1S/C9H6Cl2O/c10-5-7-4-6-2-1-3-8(11)9(6)12-7/h1-4H,5H2. The Hall–Kier alpha value is -0.660. The van der Waals surface area contributed by atoms with E-state index in [-0.39, 0.29) is 0 Å². The highest BCUT2D eigenvalue weighted by Crippen LogP contribution is 2.26. The molecule has 2 aromatic rings. The Morgan fingerprint density at radius 3 is 2.83 bits per heavy atom. The van der Waals surface area contributed by atoms with Gasteiger partial charge in [0.2, 0.25) is 0 Å². The van der Waals surface area contributed by atoms with Gasteiger partial charge in [0.15, 0.2) is 5.58 Å². The van der Waals surface area contributed by atoms with Crippen LogP contribution in [0.15, 0.2) is 28.7 Å². The lowest BCUT2D eigenvalue weighted by atomic mass is 10.2. The minimum absolute atomic E-state index is 0.380. The number of rotatable bonds is 1. The van der Waals surface area contributed by atoms with Crippen molar-refractivity contribution in [3.63, 3.8) is 0 Å². The lowest BCUT2D eigenvalue weighted by Gasteiger charge is -1.89. The molecule has 0 aliphatic heterocycles. The largest absolute Gasteiger partial charge is 0.458 e. The Labute approximate surface area is 79.9 Å². The predicted molar refractivity (Wildman–Crippen MR) is 50.8 cm³/mol. The van der Waals surface area contributed by atoms with Crippen LogP contribution in [0.25, 0.3) is 11.0 Å². The summed E-state index contributed by atoms with van der Waals surface area (Å²) in [5, 5.41) is 1.63. The molecular weight excluding hydrogens is 195 g/mol. The third-order valence-electron chi connectivity index (χ3n) is 1.68. The Morgan fingerprint density at radius 2 is 2.17 bits per heavy atom.